The van der Waals surface area contributed by atoms with Crippen LogP contribution in [0.25, 0.3) is 0 Å². The topological polar surface area (TPSA) is 75.1 Å². The first-order valence-corrected chi connectivity index (χ1v) is 10.3. The average molecular weight is 363 g/mol. The molecule has 0 bridgehead atoms. The van der Waals surface area contributed by atoms with Gasteiger partial charge in [0, 0.05) is 37.8 Å². The number of amides is 1. The maximum Gasteiger partial charge on any atom is 0.242 e. The van der Waals surface area contributed by atoms with E-state index in [9.17, 15) is 4.79 Å². The van der Waals surface area contributed by atoms with Crippen molar-refractivity contribution in [3.63, 3.8) is 0 Å². The number of carbonyl (C=O) groups is 1. The van der Waals surface area contributed by atoms with Crippen molar-refractivity contribution >= 4 is 5.91 Å². The van der Waals surface area contributed by atoms with Gasteiger partial charge in [-0.3, -0.25) is 4.79 Å². The summed E-state index contributed by atoms with van der Waals surface area (Å²) in [5.41, 5.74) is 0.911. The molecule has 0 aromatic carbocycles. The van der Waals surface area contributed by atoms with E-state index >= 15 is 0 Å². The Labute approximate surface area is 156 Å². The molecule has 1 saturated carbocycles. The molecule has 3 rings (SSSR count). The molecule has 0 spiro atoms. The molecule has 7 heteroatoms. The van der Waals surface area contributed by atoms with Crippen molar-refractivity contribution in [1.29, 1.82) is 0 Å². The van der Waals surface area contributed by atoms with Crippen LogP contribution in [0.2, 0.25) is 0 Å². The van der Waals surface area contributed by atoms with Gasteiger partial charge in [0.2, 0.25) is 5.91 Å². The van der Waals surface area contributed by atoms with Gasteiger partial charge in [-0.2, -0.15) is 0 Å². The van der Waals surface area contributed by atoms with Crippen LogP contribution >= 0.6 is 0 Å². The molecule has 7 nitrogen and oxygen atoms in total. The Hall–Kier alpha value is -1.47. The van der Waals surface area contributed by atoms with Gasteiger partial charge in [-0.05, 0) is 39.5 Å². The summed E-state index contributed by atoms with van der Waals surface area (Å²) in [5, 5.41) is 15.0. The van der Waals surface area contributed by atoms with Crippen LogP contribution in [0, 0.1) is 0 Å². The zero-order valence-electron chi connectivity index (χ0n) is 16.3. The summed E-state index contributed by atoms with van der Waals surface area (Å²) in [6, 6.07) is 1.48. The van der Waals surface area contributed by atoms with Crippen LogP contribution in [0.15, 0.2) is 6.20 Å². The Morgan fingerprint density at radius 2 is 1.88 bits per heavy atom. The third kappa shape index (κ3) is 5.77. The van der Waals surface area contributed by atoms with Crippen molar-refractivity contribution in [3.05, 3.63) is 11.9 Å². The molecule has 26 heavy (non-hydrogen) atoms. The molecule has 2 N–H and O–H groups in total. The predicted molar refractivity (Wildman–Crippen MR) is 102 cm³/mol. The lowest BCUT2D eigenvalue weighted by molar-refractivity contribution is -0.122. The van der Waals surface area contributed by atoms with E-state index in [4.69, 9.17) is 0 Å². The molecular formula is C19H34N6O. The van der Waals surface area contributed by atoms with E-state index in [0.29, 0.717) is 12.1 Å². The minimum absolute atomic E-state index is 0.0321. The monoisotopic (exact) mass is 362 g/mol. The van der Waals surface area contributed by atoms with Crippen molar-refractivity contribution in [2.45, 2.75) is 90.0 Å². The maximum absolute atomic E-state index is 12.3. The van der Waals surface area contributed by atoms with E-state index < -0.39 is 0 Å². The van der Waals surface area contributed by atoms with E-state index in [1.807, 2.05) is 6.20 Å². The second kappa shape index (κ2) is 9.46. The number of likely N-dealkylation sites (tertiary alicyclic amines) is 1. The third-order valence-corrected chi connectivity index (χ3v) is 5.69. The molecule has 1 aliphatic heterocycles. The number of hydrogen-bond acceptors (Lipinski definition) is 5. The zero-order valence-corrected chi connectivity index (χ0v) is 16.3. The van der Waals surface area contributed by atoms with Crippen LogP contribution in [0.5, 0.6) is 0 Å². The van der Waals surface area contributed by atoms with E-state index in [2.05, 4.69) is 39.7 Å². The van der Waals surface area contributed by atoms with Gasteiger partial charge in [0.25, 0.3) is 0 Å². The number of carbonyl (C=O) groups excluding carboxylic acids is 1. The summed E-state index contributed by atoms with van der Waals surface area (Å²) in [7, 11) is 0. The molecule has 2 fully saturated rings. The number of nitrogens with zero attached hydrogens (tertiary/aromatic N) is 4. The summed E-state index contributed by atoms with van der Waals surface area (Å²) in [6.45, 7) is 7.56. The summed E-state index contributed by atoms with van der Waals surface area (Å²) in [6.07, 6.45) is 10.5. The summed E-state index contributed by atoms with van der Waals surface area (Å²) in [5.74, 6) is 0.0321. The number of aromatic nitrogens is 3. The van der Waals surface area contributed by atoms with Crippen LogP contribution in [-0.2, 0) is 17.9 Å². The van der Waals surface area contributed by atoms with Gasteiger partial charge in [-0.25, -0.2) is 4.68 Å². The minimum atomic E-state index is 0.0321. The lowest BCUT2D eigenvalue weighted by Gasteiger charge is -2.34. The van der Waals surface area contributed by atoms with Crippen LogP contribution in [0.4, 0.5) is 0 Å². The number of nitrogens with one attached hydrogen (secondary N) is 2. The van der Waals surface area contributed by atoms with Gasteiger partial charge in [0.15, 0.2) is 0 Å². The molecule has 0 radical (unpaired) electrons. The predicted octanol–water partition coefficient (Wildman–Crippen LogP) is 1.69. The first kappa shape index (κ1) is 19.3. The number of rotatable bonds is 7. The van der Waals surface area contributed by atoms with Gasteiger partial charge in [-0.15, -0.1) is 5.10 Å². The van der Waals surface area contributed by atoms with E-state index in [1.165, 1.54) is 32.1 Å². The quantitative estimate of drug-likeness (QED) is 0.772. The van der Waals surface area contributed by atoms with Crippen molar-refractivity contribution in [2.75, 3.05) is 13.1 Å². The first-order valence-electron chi connectivity index (χ1n) is 10.3. The largest absolute Gasteiger partial charge is 0.352 e. The highest BCUT2D eigenvalue weighted by Gasteiger charge is 2.22. The van der Waals surface area contributed by atoms with Gasteiger partial charge >= 0.3 is 0 Å². The highest BCUT2D eigenvalue weighted by molar-refractivity contribution is 5.75. The summed E-state index contributed by atoms with van der Waals surface area (Å²) < 4.78 is 1.65. The molecule has 1 aliphatic carbocycles. The van der Waals surface area contributed by atoms with Crippen molar-refractivity contribution in [2.24, 2.45) is 0 Å². The average Bonchev–Trinajstić information content (AvgIpc) is 3.08. The molecule has 1 aromatic rings. The molecule has 2 heterocycles. The van der Waals surface area contributed by atoms with Gasteiger partial charge in [0.1, 0.15) is 6.54 Å². The van der Waals surface area contributed by atoms with E-state index in [0.717, 1.165) is 38.2 Å². The summed E-state index contributed by atoms with van der Waals surface area (Å²) in [4.78, 5) is 14.7. The SMILES string of the molecule is CC(C)N1CCC(NC(=O)Cn2cc(CNC3CCCCC3)nn2)CC1. The molecule has 0 atom stereocenters. The Morgan fingerprint density at radius 3 is 2.58 bits per heavy atom. The zero-order chi connectivity index (χ0) is 18.4. The Morgan fingerprint density at radius 1 is 1.15 bits per heavy atom. The van der Waals surface area contributed by atoms with Crippen molar-refractivity contribution < 1.29 is 4.79 Å². The van der Waals surface area contributed by atoms with Gasteiger partial charge < -0.3 is 15.5 Å². The Bertz CT molecular complexity index is 558. The molecule has 1 aromatic heterocycles. The fourth-order valence-corrected chi connectivity index (χ4v) is 4.03. The fourth-order valence-electron chi connectivity index (χ4n) is 4.03. The highest BCUT2D eigenvalue weighted by Crippen LogP contribution is 2.17. The fraction of sp³-hybridized carbons (Fsp3) is 0.842. The normalized spacial score (nSPS) is 20.6. The molecular weight excluding hydrogens is 328 g/mol. The van der Waals surface area contributed by atoms with Crippen molar-refractivity contribution in [3.8, 4) is 0 Å². The molecule has 0 unspecified atom stereocenters. The molecule has 2 aliphatic rings. The van der Waals surface area contributed by atoms with Crippen LogP contribution in [0.1, 0.15) is 64.5 Å². The van der Waals surface area contributed by atoms with Crippen LogP contribution in [0.3, 0.4) is 0 Å². The minimum Gasteiger partial charge on any atom is -0.352 e. The number of piperidine rings is 1. The standard InChI is InChI=1S/C19H34N6O/c1-15(2)24-10-8-17(9-11-24)21-19(26)14-25-13-18(22-23-25)12-20-16-6-4-3-5-7-16/h13,15-17,20H,3-12,14H2,1-2H3,(H,21,26). The molecule has 1 saturated heterocycles. The lowest BCUT2D eigenvalue weighted by atomic mass is 9.95. The Kier molecular flexibility index (Phi) is 7.02. The third-order valence-electron chi connectivity index (χ3n) is 5.69. The molecule has 1 amide bonds. The Balaban J connectivity index is 1.37. The van der Waals surface area contributed by atoms with Crippen LogP contribution < -0.4 is 10.6 Å². The molecule has 146 valence electrons. The van der Waals surface area contributed by atoms with Gasteiger partial charge in [0.05, 0.1) is 11.9 Å². The first-order chi connectivity index (χ1) is 12.6. The van der Waals surface area contributed by atoms with E-state index in [1.54, 1.807) is 4.68 Å². The highest BCUT2D eigenvalue weighted by atomic mass is 16.2. The smallest absolute Gasteiger partial charge is 0.242 e. The summed E-state index contributed by atoms with van der Waals surface area (Å²) >= 11 is 0. The lowest BCUT2D eigenvalue weighted by Crippen LogP contribution is -2.47. The maximum atomic E-state index is 12.3. The van der Waals surface area contributed by atoms with Crippen LogP contribution in [-0.4, -0.2) is 57.0 Å². The second-order valence-electron chi connectivity index (χ2n) is 8.09. The second-order valence-corrected chi connectivity index (χ2v) is 8.09. The van der Waals surface area contributed by atoms with E-state index in [-0.39, 0.29) is 18.5 Å². The number of hydrogen-bond donors (Lipinski definition) is 2. The van der Waals surface area contributed by atoms with Gasteiger partial charge in [-0.1, -0.05) is 24.5 Å². The van der Waals surface area contributed by atoms with Crippen molar-refractivity contribution in [1.82, 2.24) is 30.5 Å².